The fourth-order valence-electron chi connectivity index (χ4n) is 1.52. The first-order valence-electron chi connectivity index (χ1n) is 5.53. The minimum Gasteiger partial charge on any atom is -0.480 e. The number of sulfone groups is 1. The second-order valence-corrected chi connectivity index (χ2v) is 6.55. The largest absolute Gasteiger partial charge is 0.480 e. The van der Waals surface area contributed by atoms with E-state index in [1.54, 1.807) is 29.9 Å². The lowest BCUT2D eigenvalue weighted by molar-refractivity contribution is -0.139. The molecule has 0 spiro atoms. The van der Waals surface area contributed by atoms with Gasteiger partial charge in [-0.05, 0) is 18.6 Å². The molecule has 0 aromatic carbocycles. The monoisotopic (exact) mass is 288 g/mol. The molecule has 0 radical (unpaired) electrons. The molecule has 1 aromatic heterocycles. The lowest BCUT2D eigenvalue weighted by Crippen LogP contribution is -2.42. The zero-order valence-electron chi connectivity index (χ0n) is 10.7. The van der Waals surface area contributed by atoms with E-state index < -0.39 is 27.8 Å². The molecule has 19 heavy (non-hydrogen) atoms. The minimum absolute atomic E-state index is 0.162. The third-order valence-electron chi connectivity index (χ3n) is 2.56. The van der Waals surface area contributed by atoms with E-state index in [4.69, 9.17) is 5.11 Å². The molecule has 2 N–H and O–H groups in total. The van der Waals surface area contributed by atoms with Gasteiger partial charge in [0.25, 0.3) is 5.91 Å². The molecule has 1 unspecified atom stereocenters. The predicted molar refractivity (Wildman–Crippen MR) is 68.6 cm³/mol. The summed E-state index contributed by atoms with van der Waals surface area (Å²) in [5, 5.41) is 11.3. The summed E-state index contributed by atoms with van der Waals surface area (Å²) >= 11 is 0. The summed E-state index contributed by atoms with van der Waals surface area (Å²) in [5.41, 5.74) is 0.311. The molecule has 1 amide bonds. The van der Waals surface area contributed by atoms with Gasteiger partial charge in [0, 0.05) is 19.5 Å². The zero-order valence-corrected chi connectivity index (χ0v) is 11.5. The number of rotatable bonds is 6. The van der Waals surface area contributed by atoms with Gasteiger partial charge in [0.15, 0.2) is 0 Å². The van der Waals surface area contributed by atoms with Crippen molar-refractivity contribution >= 4 is 21.7 Å². The topological polar surface area (TPSA) is 105 Å². The predicted octanol–water partition coefficient (Wildman–Crippen LogP) is -0.357. The highest BCUT2D eigenvalue weighted by Crippen LogP contribution is 2.03. The lowest BCUT2D eigenvalue weighted by Gasteiger charge is -2.14. The fraction of sp³-hybridized carbons (Fsp3) is 0.455. The average molecular weight is 288 g/mol. The van der Waals surface area contributed by atoms with E-state index in [1.807, 2.05) is 0 Å². The Kier molecular flexibility index (Phi) is 4.71. The number of nitrogens with one attached hydrogen (secondary N) is 1. The van der Waals surface area contributed by atoms with E-state index in [9.17, 15) is 18.0 Å². The maximum Gasteiger partial charge on any atom is 0.326 e. The van der Waals surface area contributed by atoms with Crippen LogP contribution in [0.3, 0.4) is 0 Å². The number of carboxylic acids is 1. The van der Waals surface area contributed by atoms with Crippen LogP contribution in [0.5, 0.6) is 0 Å². The molecule has 0 saturated heterocycles. The quantitative estimate of drug-likeness (QED) is 0.744. The Morgan fingerprint density at radius 3 is 2.53 bits per heavy atom. The van der Waals surface area contributed by atoms with Crippen LogP contribution in [0.4, 0.5) is 0 Å². The van der Waals surface area contributed by atoms with Gasteiger partial charge in [-0.25, -0.2) is 13.2 Å². The molecule has 1 atom stereocenters. The van der Waals surface area contributed by atoms with Crippen molar-refractivity contribution in [2.24, 2.45) is 7.05 Å². The van der Waals surface area contributed by atoms with Crippen LogP contribution in [0.1, 0.15) is 16.9 Å². The van der Waals surface area contributed by atoms with Crippen LogP contribution in [0.15, 0.2) is 18.3 Å². The van der Waals surface area contributed by atoms with Crippen molar-refractivity contribution in [3.05, 3.63) is 24.0 Å². The highest BCUT2D eigenvalue weighted by molar-refractivity contribution is 7.90. The smallest absolute Gasteiger partial charge is 0.326 e. The molecule has 0 aliphatic rings. The Balaban J connectivity index is 2.72. The number of carboxylic acid groups (broad SMARTS) is 1. The fourth-order valence-corrected chi connectivity index (χ4v) is 2.18. The molecule has 1 heterocycles. The Morgan fingerprint density at radius 2 is 2.11 bits per heavy atom. The van der Waals surface area contributed by atoms with E-state index in [1.165, 1.54) is 0 Å². The van der Waals surface area contributed by atoms with Gasteiger partial charge in [0.2, 0.25) is 0 Å². The van der Waals surface area contributed by atoms with Gasteiger partial charge < -0.3 is 15.0 Å². The number of aliphatic carboxylic acids is 1. The molecule has 0 bridgehead atoms. The highest BCUT2D eigenvalue weighted by Gasteiger charge is 2.23. The van der Waals surface area contributed by atoms with Gasteiger partial charge in [-0.15, -0.1) is 0 Å². The van der Waals surface area contributed by atoms with Crippen molar-refractivity contribution in [2.75, 3.05) is 12.0 Å². The first-order chi connectivity index (χ1) is 8.70. The van der Waals surface area contributed by atoms with Crippen LogP contribution >= 0.6 is 0 Å². The third-order valence-corrected chi connectivity index (χ3v) is 3.53. The summed E-state index contributed by atoms with van der Waals surface area (Å²) in [4.78, 5) is 22.8. The van der Waals surface area contributed by atoms with Gasteiger partial charge in [0.1, 0.15) is 21.6 Å². The lowest BCUT2D eigenvalue weighted by atomic mass is 10.2. The van der Waals surface area contributed by atoms with E-state index >= 15 is 0 Å². The molecule has 0 aliphatic carbocycles. The third kappa shape index (κ3) is 4.74. The normalized spacial score (nSPS) is 12.9. The number of aryl methyl sites for hydroxylation is 1. The first-order valence-corrected chi connectivity index (χ1v) is 7.59. The molecular formula is C11H16N2O5S. The van der Waals surface area contributed by atoms with Gasteiger partial charge in [-0.3, -0.25) is 4.79 Å². The summed E-state index contributed by atoms with van der Waals surface area (Å²) in [6.45, 7) is 0. The standard InChI is InChI=1S/C11H16N2O5S/c1-13-6-3-4-9(13)10(14)12-8(11(15)16)5-7-19(2,17)18/h3-4,6,8H,5,7H2,1-2H3,(H,12,14)(H,15,16). The number of carbonyl (C=O) groups is 2. The number of hydrogen-bond donors (Lipinski definition) is 2. The van der Waals surface area contributed by atoms with Crippen LogP contribution in [0, 0.1) is 0 Å². The summed E-state index contributed by atoms with van der Waals surface area (Å²) in [6, 6.07) is 1.98. The summed E-state index contributed by atoms with van der Waals surface area (Å²) in [7, 11) is -1.62. The molecule has 8 heteroatoms. The van der Waals surface area contributed by atoms with Crippen molar-refractivity contribution in [1.82, 2.24) is 9.88 Å². The maximum atomic E-state index is 11.8. The molecule has 1 aromatic rings. The van der Waals surface area contributed by atoms with Gasteiger partial charge in [-0.2, -0.15) is 0 Å². The average Bonchev–Trinajstić information content (AvgIpc) is 2.68. The van der Waals surface area contributed by atoms with Crippen LogP contribution in [-0.2, 0) is 21.7 Å². The first kappa shape index (κ1) is 15.2. The molecule has 0 aliphatic heterocycles. The second kappa shape index (κ2) is 5.87. The molecule has 1 rings (SSSR count). The van der Waals surface area contributed by atoms with E-state index in [-0.39, 0.29) is 12.2 Å². The molecule has 7 nitrogen and oxygen atoms in total. The Morgan fingerprint density at radius 1 is 1.47 bits per heavy atom. The number of nitrogens with zero attached hydrogens (tertiary/aromatic N) is 1. The van der Waals surface area contributed by atoms with Crippen molar-refractivity contribution < 1.29 is 23.1 Å². The van der Waals surface area contributed by atoms with E-state index in [2.05, 4.69) is 5.32 Å². The van der Waals surface area contributed by atoms with Crippen molar-refractivity contribution in [1.29, 1.82) is 0 Å². The van der Waals surface area contributed by atoms with E-state index in [0.29, 0.717) is 5.69 Å². The van der Waals surface area contributed by atoms with Gasteiger partial charge in [-0.1, -0.05) is 0 Å². The summed E-state index contributed by atoms with van der Waals surface area (Å²) < 4.78 is 23.6. The number of carbonyl (C=O) groups excluding carboxylic acids is 1. The van der Waals surface area contributed by atoms with Crippen molar-refractivity contribution in [3.63, 3.8) is 0 Å². The second-order valence-electron chi connectivity index (χ2n) is 4.29. The summed E-state index contributed by atoms with van der Waals surface area (Å²) in [6.07, 6.45) is 2.51. The Labute approximate surface area is 111 Å². The van der Waals surface area contributed by atoms with Gasteiger partial charge in [0.05, 0.1) is 5.75 Å². The van der Waals surface area contributed by atoms with Crippen molar-refractivity contribution in [3.8, 4) is 0 Å². The SMILES string of the molecule is Cn1cccc1C(=O)NC(CCS(C)(=O)=O)C(=O)O. The van der Waals surface area contributed by atoms with Crippen LogP contribution in [0.2, 0.25) is 0 Å². The molecular weight excluding hydrogens is 272 g/mol. The zero-order chi connectivity index (χ0) is 14.6. The number of amides is 1. The summed E-state index contributed by atoms with van der Waals surface area (Å²) in [5.74, 6) is -2.10. The van der Waals surface area contributed by atoms with Crippen LogP contribution < -0.4 is 5.32 Å². The van der Waals surface area contributed by atoms with Crippen LogP contribution in [0.25, 0.3) is 0 Å². The van der Waals surface area contributed by atoms with Crippen molar-refractivity contribution in [2.45, 2.75) is 12.5 Å². The maximum absolute atomic E-state index is 11.8. The Hall–Kier alpha value is -1.83. The minimum atomic E-state index is -3.27. The molecule has 0 fully saturated rings. The molecule has 0 saturated carbocycles. The molecule has 106 valence electrons. The number of aromatic nitrogens is 1. The Bertz CT molecular complexity index is 576. The highest BCUT2D eigenvalue weighted by atomic mass is 32.2. The van der Waals surface area contributed by atoms with Crippen LogP contribution in [-0.4, -0.2) is 48.0 Å². The van der Waals surface area contributed by atoms with E-state index in [0.717, 1.165) is 6.26 Å². The van der Waals surface area contributed by atoms with Gasteiger partial charge >= 0.3 is 5.97 Å². The number of hydrogen-bond acceptors (Lipinski definition) is 4.